The zero-order chi connectivity index (χ0) is 17.4. The van der Waals surface area contributed by atoms with E-state index in [1.54, 1.807) is 18.4 Å². The summed E-state index contributed by atoms with van der Waals surface area (Å²) in [6, 6.07) is 5.61. The lowest BCUT2D eigenvalue weighted by Gasteiger charge is -2.11. The minimum atomic E-state index is -0.342. The Morgan fingerprint density at radius 3 is 2.67 bits per heavy atom. The largest absolute Gasteiger partial charge is 0.356 e. The number of nitrogens with one attached hydrogen (secondary N) is 3. The number of guanidine groups is 1. The summed E-state index contributed by atoms with van der Waals surface area (Å²) in [7, 11) is 1.64. The van der Waals surface area contributed by atoms with Gasteiger partial charge in [-0.15, -0.1) is 11.3 Å². The van der Waals surface area contributed by atoms with Crippen LogP contribution in [-0.4, -0.2) is 37.0 Å². The van der Waals surface area contributed by atoms with Gasteiger partial charge in [0.1, 0.15) is 5.82 Å². The Hall–Kier alpha value is -2.48. The number of anilines is 1. The van der Waals surface area contributed by atoms with Crippen molar-refractivity contribution in [3.8, 4) is 0 Å². The fraction of sp³-hybridized carbons (Fsp3) is 0.312. The summed E-state index contributed by atoms with van der Waals surface area (Å²) in [4.78, 5) is 21.4. The average Bonchev–Trinajstić information content (AvgIpc) is 2.98. The van der Waals surface area contributed by atoms with Crippen LogP contribution in [0.15, 0.2) is 35.5 Å². The van der Waals surface area contributed by atoms with Gasteiger partial charge >= 0.3 is 0 Å². The van der Waals surface area contributed by atoms with Crippen molar-refractivity contribution in [1.29, 1.82) is 0 Å². The molecule has 0 atom stereocenters. The molecule has 24 heavy (non-hydrogen) atoms. The summed E-state index contributed by atoms with van der Waals surface area (Å²) in [5, 5.41) is 9.79. The summed E-state index contributed by atoms with van der Waals surface area (Å²) in [6.45, 7) is 2.76. The predicted molar refractivity (Wildman–Crippen MR) is 94.9 cm³/mol. The van der Waals surface area contributed by atoms with Crippen LogP contribution in [0.1, 0.15) is 9.88 Å². The fourth-order valence-corrected chi connectivity index (χ4v) is 2.71. The molecule has 0 radical (unpaired) electrons. The molecule has 0 aliphatic rings. The number of aliphatic imine (C=N–C) groups is 1. The maximum absolute atomic E-state index is 12.8. The second-order valence-corrected chi connectivity index (χ2v) is 6.34. The molecular weight excluding hydrogens is 329 g/mol. The van der Waals surface area contributed by atoms with Crippen LogP contribution in [0.2, 0.25) is 0 Å². The van der Waals surface area contributed by atoms with E-state index in [9.17, 15) is 9.18 Å². The molecule has 0 unspecified atom stereocenters. The molecule has 1 aromatic heterocycles. The topological polar surface area (TPSA) is 78.4 Å². The number of nitrogens with zero attached hydrogens (tertiary/aromatic N) is 2. The zero-order valence-electron chi connectivity index (χ0n) is 13.6. The summed E-state index contributed by atoms with van der Waals surface area (Å²) in [5.41, 5.74) is 0.547. The van der Waals surface area contributed by atoms with Gasteiger partial charge in [-0.05, 0) is 31.2 Å². The summed E-state index contributed by atoms with van der Waals surface area (Å²) >= 11 is 1.67. The van der Waals surface area contributed by atoms with Gasteiger partial charge in [0.15, 0.2) is 5.96 Å². The number of halogens is 1. The number of carbonyl (C=O) groups excluding carboxylic acids is 1. The molecule has 2 rings (SSSR count). The summed E-state index contributed by atoms with van der Waals surface area (Å²) in [5.74, 6) is -0.0382. The second-order valence-electron chi connectivity index (χ2n) is 5.02. The van der Waals surface area contributed by atoms with Gasteiger partial charge in [-0.3, -0.25) is 9.79 Å². The molecule has 0 saturated carbocycles. The van der Waals surface area contributed by atoms with E-state index in [1.165, 1.54) is 29.1 Å². The molecule has 2 aromatic rings. The molecule has 8 heteroatoms. The number of thiazole rings is 1. The fourth-order valence-electron chi connectivity index (χ4n) is 1.93. The van der Waals surface area contributed by atoms with Crippen molar-refractivity contribution in [1.82, 2.24) is 15.6 Å². The Morgan fingerprint density at radius 2 is 2.04 bits per heavy atom. The molecule has 6 nitrogen and oxygen atoms in total. The first-order chi connectivity index (χ1) is 11.6. The highest BCUT2D eigenvalue weighted by molar-refractivity contribution is 7.11. The van der Waals surface area contributed by atoms with E-state index < -0.39 is 0 Å². The Bertz CT molecular complexity index is 699. The number of rotatable bonds is 6. The summed E-state index contributed by atoms with van der Waals surface area (Å²) in [6.07, 6.45) is 2.65. The van der Waals surface area contributed by atoms with Gasteiger partial charge in [0.05, 0.1) is 11.6 Å². The lowest BCUT2D eigenvalue weighted by molar-refractivity contribution is -0.115. The Kier molecular flexibility index (Phi) is 6.68. The van der Waals surface area contributed by atoms with Gasteiger partial charge in [0.2, 0.25) is 5.91 Å². The molecule has 0 saturated heterocycles. The first-order valence-electron chi connectivity index (χ1n) is 7.48. The van der Waals surface area contributed by atoms with E-state index in [1.807, 2.05) is 13.1 Å². The van der Waals surface area contributed by atoms with Crippen molar-refractivity contribution in [3.63, 3.8) is 0 Å². The summed E-state index contributed by atoms with van der Waals surface area (Å²) < 4.78 is 12.8. The van der Waals surface area contributed by atoms with Crippen LogP contribution in [0.4, 0.5) is 10.1 Å². The highest BCUT2D eigenvalue weighted by atomic mass is 32.1. The molecule has 1 heterocycles. The van der Waals surface area contributed by atoms with Gasteiger partial charge in [0.25, 0.3) is 0 Å². The Labute approximate surface area is 144 Å². The van der Waals surface area contributed by atoms with Gasteiger partial charge in [-0.2, -0.15) is 0 Å². The van der Waals surface area contributed by atoms with Crippen LogP contribution < -0.4 is 16.0 Å². The normalized spacial score (nSPS) is 11.2. The van der Waals surface area contributed by atoms with E-state index in [0.717, 1.165) is 11.4 Å². The highest BCUT2D eigenvalue weighted by Gasteiger charge is 2.05. The number of benzene rings is 1. The van der Waals surface area contributed by atoms with Gasteiger partial charge in [-0.1, -0.05) is 0 Å². The number of amides is 1. The van der Waals surface area contributed by atoms with Crippen LogP contribution in [0.3, 0.4) is 0 Å². The monoisotopic (exact) mass is 349 g/mol. The minimum absolute atomic E-state index is 0.0629. The Morgan fingerprint density at radius 1 is 1.29 bits per heavy atom. The quantitative estimate of drug-likeness (QED) is 0.550. The third-order valence-corrected chi connectivity index (χ3v) is 4.04. The maximum atomic E-state index is 12.8. The molecule has 1 aromatic carbocycles. The van der Waals surface area contributed by atoms with Crippen LogP contribution in [-0.2, 0) is 11.2 Å². The first-order valence-corrected chi connectivity index (χ1v) is 8.29. The molecule has 3 N–H and O–H groups in total. The van der Waals surface area contributed by atoms with E-state index in [0.29, 0.717) is 18.2 Å². The van der Waals surface area contributed by atoms with E-state index in [4.69, 9.17) is 0 Å². The molecule has 0 aliphatic heterocycles. The van der Waals surface area contributed by atoms with Gasteiger partial charge in [-0.25, -0.2) is 9.37 Å². The Balaban J connectivity index is 1.70. The highest BCUT2D eigenvalue weighted by Crippen LogP contribution is 2.11. The molecule has 1 amide bonds. The van der Waals surface area contributed by atoms with E-state index in [2.05, 4.69) is 25.9 Å². The first kappa shape index (κ1) is 17.9. The molecule has 128 valence electrons. The predicted octanol–water partition coefficient (Wildman–Crippen LogP) is 1.94. The van der Waals surface area contributed by atoms with Crippen molar-refractivity contribution < 1.29 is 9.18 Å². The van der Waals surface area contributed by atoms with Crippen molar-refractivity contribution in [2.45, 2.75) is 13.3 Å². The van der Waals surface area contributed by atoms with Crippen molar-refractivity contribution >= 4 is 28.9 Å². The number of aryl methyl sites for hydroxylation is 1. The number of hydrogen-bond acceptors (Lipinski definition) is 4. The van der Waals surface area contributed by atoms with Crippen LogP contribution in [0, 0.1) is 12.7 Å². The average molecular weight is 349 g/mol. The van der Waals surface area contributed by atoms with E-state index in [-0.39, 0.29) is 18.3 Å². The standard InChI is InChI=1S/C16H20FN5OS/c1-11-9-20-15(24-11)7-8-19-16(18-2)21-10-14(23)22-13-5-3-12(17)4-6-13/h3-6,9H,7-8,10H2,1-2H3,(H,22,23)(H2,18,19,21). The van der Waals surface area contributed by atoms with Crippen LogP contribution >= 0.6 is 11.3 Å². The third-order valence-electron chi connectivity index (χ3n) is 3.07. The van der Waals surface area contributed by atoms with Crippen molar-refractivity contribution in [2.75, 3.05) is 25.5 Å². The third kappa shape index (κ3) is 5.96. The zero-order valence-corrected chi connectivity index (χ0v) is 14.4. The van der Waals surface area contributed by atoms with Crippen LogP contribution in [0.5, 0.6) is 0 Å². The lowest BCUT2D eigenvalue weighted by atomic mass is 10.3. The number of hydrogen-bond donors (Lipinski definition) is 3. The smallest absolute Gasteiger partial charge is 0.243 e. The van der Waals surface area contributed by atoms with Crippen molar-refractivity contribution in [3.05, 3.63) is 46.2 Å². The van der Waals surface area contributed by atoms with Crippen molar-refractivity contribution in [2.24, 2.45) is 4.99 Å². The molecule has 0 spiro atoms. The van der Waals surface area contributed by atoms with E-state index >= 15 is 0 Å². The number of carbonyl (C=O) groups is 1. The second kappa shape index (κ2) is 8.97. The van der Waals surface area contributed by atoms with Crippen LogP contribution in [0.25, 0.3) is 0 Å². The number of aromatic nitrogens is 1. The van der Waals surface area contributed by atoms with Gasteiger partial charge in [0, 0.05) is 36.8 Å². The molecular formula is C16H20FN5OS. The minimum Gasteiger partial charge on any atom is -0.356 e. The SMILES string of the molecule is CN=C(NCCc1ncc(C)s1)NCC(=O)Nc1ccc(F)cc1. The molecule has 0 bridgehead atoms. The molecule has 0 aliphatic carbocycles. The van der Waals surface area contributed by atoms with Gasteiger partial charge < -0.3 is 16.0 Å². The maximum Gasteiger partial charge on any atom is 0.243 e. The lowest BCUT2D eigenvalue weighted by Crippen LogP contribution is -2.42. The molecule has 0 fully saturated rings.